The van der Waals surface area contributed by atoms with Crippen molar-refractivity contribution in [3.05, 3.63) is 110 Å². The molecule has 2 aromatic carbocycles. The molecular formula is C45H56BrCl2N9O5. The van der Waals surface area contributed by atoms with E-state index < -0.39 is 0 Å². The van der Waals surface area contributed by atoms with Crippen LogP contribution in [0.15, 0.2) is 77.5 Å². The van der Waals surface area contributed by atoms with Gasteiger partial charge in [-0.15, -0.1) is 0 Å². The van der Waals surface area contributed by atoms with Crippen molar-refractivity contribution in [2.45, 2.75) is 26.7 Å². The van der Waals surface area contributed by atoms with Gasteiger partial charge < -0.3 is 39.9 Å². The van der Waals surface area contributed by atoms with E-state index in [-0.39, 0.29) is 23.6 Å². The van der Waals surface area contributed by atoms with Gasteiger partial charge in [0.15, 0.2) is 0 Å². The highest BCUT2D eigenvalue weighted by Gasteiger charge is 2.26. The summed E-state index contributed by atoms with van der Waals surface area (Å²) in [5.74, 6) is 2.44. The van der Waals surface area contributed by atoms with Crippen LogP contribution in [0, 0.1) is 5.92 Å². The maximum absolute atomic E-state index is 13.0. The molecule has 62 heavy (non-hydrogen) atoms. The zero-order valence-electron chi connectivity index (χ0n) is 36.0. The molecule has 14 nitrogen and oxygen atoms in total. The van der Waals surface area contributed by atoms with Gasteiger partial charge in [-0.1, -0.05) is 37.0 Å². The van der Waals surface area contributed by atoms with Crippen molar-refractivity contribution in [3.63, 3.8) is 0 Å². The van der Waals surface area contributed by atoms with Gasteiger partial charge >= 0.3 is 0 Å². The molecule has 0 saturated carbocycles. The first-order valence-corrected chi connectivity index (χ1v) is 22.3. The lowest BCUT2D eigenvalue weighted by Gasteiger charge is -2.35. The third-order valence-electron chi connectivity index (χ3n) is 10.4. The van der Waals surface area contributed by atoms with Gasteiger partial charge in [0.05, 0.1) is 34.4 Å². The number of benzene rings is 2. The predicted octanol–water partition coefficient (Wildman–Crippen LogP) is 6.62. The van der Waals surface area contributed by atoms with Gasteiger partial charge in [-0.3, -0.25) is 19.2 Å². The SMILES string of the molecule is CC(C)CCNC(=O)c1ccc(N2CCN(C(=O)c3cc(Cl)ccc3Cl)CC2)nc1.COc1ccc(Br)c(C(=O)N2CCN(c3ccc(C(=O)NCCCN(C)C)cn3)CC2)c1. The van der Waals surface area contributed by atoms with E-state index in [1.165, 1.54) is 0 Å². The summed E-state index contributed by atoms with van der Waals surface area (Å²) in [5.41, 5.74) is 2.11. The van der Waals surface area contributed by atoms with Crippen LogP contribution in [-0.4, -0.2) is 141 Å². The maximum Gasteiger partial charge on any atom is 0.255 e. The molecule has 2 saturated heterocycles. The molecule has 0 bridgehead atoms. The Morgan fingerprint density at radius 1 is 0.726 bits per heavy atom. The molecule has 2 aromatic heterocycles. The number of nitrogens with zero attached hydrogens (tertiary/aromatic N) is 7. The van der Waals surface area contributed by atoms with Crippen LogP contribution >= 0.6 is 39.1 Å². The number of hydrogen-bond donors (Lipinski definition) is 2. The van der Waals surface area contributed by atoms with E-state index >= 15 is 0 Å². The minimum absolute atomic E-state index is 0.0235. The van der Waals surface area contributed by atoms with E-state index in [1.54, 1.807) is 60.8 Å². The Labute approximate surface area is 383 Å². The van der Waals surface area contributed by atoms with Crippen molar-refractivity contribution >= 4 is 74.4 Å². The van der Waals surface area contributed by atoms with Crippen LogP contribution < -0.4 is 25.2 Å². The minimum Gasteiger partial charge on any atom is -0.497 e. The molecule has 0 spiro atoms. The monoisotopic (exact) mass is 951 g/mol. The first-order chi connectivity index (χ1) is 29.7. The van der Waals surface area contributed by atoms with E-state index in [0.29, 0.717) is 109 Å². The molecule has 4 aromatic rings. The highest BCUT2D eigenvalue weighted by Crippen LogP contribution is 2.26. The topological polar surface area (TPSA) is 144 Å². The number of rotatable bonds is 14. The van der Waals surface area contributed by atoms with E-state index in [9.17, 15) is 19.2 Å². The van der Waals surface area contributed by atoms with Crippen LogP contribution in [0.1, 0.15) is 68.1 Å². The first kappa shape index (κ1) is 48.1. The lowest BCUT2D eigenvalue weighted by Crippen LogP contribution is -2.49. The molecule has 2 fully saturated rings. The maximum atomic E-state index is 13.0. The molecule has 4 heterocycles. The Kier molecular flexibility index (Phi) is 18.2. The number of halogens is 3. The number of pyridine rings is 2. The smallest absolute Gasteiger partial charge is 0.255 e. The summed E-state index contributed by atoms with van der Waals surface area (Å²) in [4.78, 5) is 69.0. The Bertz CT molecular complexity index is 2130. The fourth-order valence-electron chi connectivity index (χ4n) is 6.77. The third-order valence-corrected chi connectivity index (χ3v) is 11.7. The average Bonchev–Trinajstić information content (AvgIpc) is 3.28. The Balaban J connectivity index is 0.000000235. The van der Waals surface area contributed by atoms with Crippen molar-refractivity contribution in [3.8, 4) is 5.75 Å². The van der Waals surface area contributed by atoms with Gasteiger partial charge in [-0.05, 0) is 116 Å². The molecule has 0 atom stereocenters. The molecule has 332 valence electrons. The third kappa shape index (κ3) is 13.8. The summed E-state index contributed by atoms with van der Waals surface area (Å²) in [6.07, 6.45) is 5.06. The zero-order valence-corrected chi connectivity index (χ0v) is 39.1. The summed E-state index contributed by atoms with van der Waals surface area (Å²) in [5, 5.41) is 6.72. The van der Waals surface area contributed by atoms with Crippen LogP contribution in [0.3, 0.4) is 0 Å². The van der Waals surface area contributed by atoms with Crippen molar-refractivity contribution in [2.75, 3.05) is 103 Å². The number of piperazine rings is 2. The molecule has 6 rings (SSSR count). The van der Waals surface area contributed by atoms with Crippen molar-refractivity contribution in [1.29, 1.82) is 0 Å². The minimum atomic E-state index is -0.122. The second kappa shape index (κ2) is 23.5. The highest BCUT2D eigenvalue weighted by atomic mass is 79.9. The summed E-state index contributed by atoms with van der Waals surface area (Å²) in [7, 11) is 5.61. The number of methoxy groups -OCH3 is 1. The van der Waals surface area contributed by atoms with Crippen LogP contribution in [0.25, 0.3) is 0 Å². The van der Waals surface area contributed by atoms with Crippen molar-refractivity contribution in [1.82, 2.24) is 35.3 Å². The quantitative estimate of drug-likeness (QED) is 0.133. The summed E-state index contributed by atoms with van der Waals surface area (Å²) < 4.78 is 6.00. The number of carbonyl (C=O) groups excluding carboxylic acids is 4. The number of anilines is 2. The van der Waals surface area contributed by atoms with Gasteiger partial charge in [0, 0.05) is 87.3 Å². The van der Waals surface area contributed by atoms with E-state index in [1.807, 2.05) is 43.3 Å². The standard InChI is InChI=1S/C23H30BrN5O3.C22H26Cl2N4O2/c1-27(2)10-4-9-25-22(30)17-5-8-21(26-16-17)28-11-13-29(14-12-28)23(31)19-15-18(32-3)6-7-20(19)24;1-15(2)7-8-25-21(29)16-3-6-20(26-14-16)27-9-11-28(12-10-27)22(30)18-13-17(23)4-5-19(18)24/h5-8,15-16H,4,9-14H2,1-3H3,(H,25,30);3-6,13-15H,7-12H2,1-2H3,(H,25,29). The normalized spacial score (nSPS) is 14.0. The lowest BCUT2D eigenvalue weighted by atomic mass is 10.1. The molecule has 4 amide bonds. The summed E-state index contributed by atoms with van der Waals surface area (Å²) in [6.45, 7) is 11.4. The number of carbonyl (C=O) groups is 4. The number of ether oxygens (including phenoxy) is 1. The van der Waals surface area contributed by atoms with E-state index in [4.69, 9.17) is 27.9 Å². The van der Waals surface area contributed by atoms with Gasteiger partial charge in [0.25, 0.3) is 23.6 Å². The molecule has 2 aliphatic heterocycles. The van der Waals surface area contributed by atoms with E-state index in [0.717, 1.165) is 35.5 Å². The Hall–Kier alpha value is -4.96. The number of amides is 4. The zero-order chi connectivity index (χ0) is 44.8. The highest BCUT2D eigenvalue weighted by molar-refractivity contribution is 9.10. The van der Waals surface area contributed by atoms with E-state index in [2.05, 4.69) is 65.1 Å². The molecule has 17 heteroatoms. The van der Waals surface area contributed by atoms with Crippen LogP contribution in [0.2, 0.25) is 10.0 Å². The van der Waals surface area contributed by atoms with Crippen LogP contribution in [0.5, 0.6) is 5.75 Å². The molecule has 0 unspecified atom stereocenters. The average molecular weight is 954 g/mol. The molecule has 0 aliphatic carbocycles. The molecule has 2 N–H and O–H groups in total. The number of aromatic nitrogens is 2. The van der Waals surface area contributed by atoms with Crippen LogP contribution in [-0.2, 0) is 0 Å². The van der Waals surface area contributed by atoms with Gasteiger partial charge in [0.1, 0.15) is 17.4 Å². The Morgan fingerprint density at radius 3 is 1.74 bits per heavy atom. The number of nitrogens with one attached hydrogen (secondary N) is 2. The lowest BCUT2D eigenvalue weighted by molar-refractivity contribution is 0.0738. The van der Waals surface area contributed by atoms with Crippen molar-refractivity contribution < 1.29 is 23.9 Å². The molecular weight excluding hydrogens is 897 g/mol. The fraction of sp³-hybridized carbons (Fsp3) is 0.422. The number of hydrogen-bond acceptors (Lipinski definition) is 10. The second-order valence-electron chi connectivity index (χ2n) is 15.7. The van der Waals surface area contributed by atoms with Gasteiger partial charge in [-0.25, -0.2) is 9.97 Å². The van der Waals surface area contributed by atoms with Crippen molar-refractivity contribution in [2.24, 2.45) is 5.92 Å². The first-order valence-electron chi connectivity index (χ1n) is 20.7. The summed E-state index contributed by atoms with van der Waals surface area (Å²) in [6, 6.07) is 17.6. The second-order valence-corrected chi connectivity index (χ2v) is 17.4. The largest absolute Gasteiger partial charge is 0.497 e. The van der Waals surface area contributed by atoms with Gasteiger partial charge in [0.2, 0.25) is 0 Å². The molecule has 2 aliphatic rings. The predicted molar refractivity (Wildman–Crippen MR) is 249 cm³/mol. The van der Waals surface area contributed by atoms with Crippen LogP contribution in [0.4, 0.5) is 11.6 Å². The summed E-state index contributed by atoms with van der Waals surface area (Å²) >= 11 is 15.6. The fourth-order valence-corrected chi connectivity index (χ4v) is 7.55. The Morgan fingerprint density at radius 2 is 1.26 bits per heavy atom. The molecule has 0 radical (unpaired) electrons. The van der Waals surface area contributed by atoms with Gasteiger partial charge in [-0.2, -0.15) is 0 Å².